The Morgan fingerprint density at radius 1 is 1.39 bits per heavy atom. The van der Waals surface area contributed by atoms with Crippen molar-refractivity contribution in [3.63, 3.8) is 0 Å². The molecule has 0 bridgehead atoms. The summed E-state index contributed by atoms with van der Waals surface area (Å²) in [4.78, 5) is 20.5. The van der Waals surface area contributed by atoms with Crippen LogP contribution in [0, 0.1) is 0 Å². The maximum Gasteiger partial charge on any atom is 0.252 e. The van der Waals surface area contributed by atoms with Gasteiger partial charge in [-0.3, -0.25) is 4.79 Å². The van der Waals surface area contributed by atoms with Gasteiger partial charge in [-0.05, 0) is 32.1 Å². The Bertz CT molecular complexity index is 454. The molecule has 2 fully saturated rings. The third-order valence-corrected chi connectivity index (χ3v) is 3.80. The van der Waals surface area contributed by atoms with E-state index in [-0.39, 0.29) is 5.56 Å². The largest absolute Gasteiger partial charge is 0.352 e. The second-order valence-electron chi connectivity index (χ2n) is 5.29. The topological polar surface area (TPSA) is 61.0 Å². The lowest BCUT2D eigenvalue weighted by molar-refractivity contribution is 0.431. The third-order valence-electron chi connectivity index (χ3n) is 3.80. The van der Waals surface area contributed by atoms with Crippen molar-refractivity contribution in [2.24, 2.45) is 0 Å². The highest BCUT2D eigenvalue weighted by atomic mass is 16.1. The van der Waals surface area contributed by atoms with Crippen molar-refractivity contribution in [3.05, 3.63) is 22.7 Å². The quantitative estimate of drug-likeness (QED) is 0.830. The molecular weight excluding hydrogens is 228 g/mol. The van der Waals surface area contributed by atoms with Crippen LogP contribution in [0.3, 0.4) is 0 Å². The lowest BCUT2D eigenvalue weighted by Crippen LogP contribution is -2.46. The number of aromatic nitrogens is 2. The van der Waals surface area contributed by atoms with Crippen molar-refractivity contribution in [1.29, 1.82) is 0 Å². The Balaban J connectivity index is 1.71. The van der Waals surface area contributed by atoms with E-state index in [9.17, 15) is 4.79 Å². The summed E-state index contributed by atoms with van der Waals surface area (Å²) in [6.45, 7) is 2.02. The van der Waals surface area contributed by atoms with E-state index >= 15 is 0 Å². The van der Waals surface area contributed by atoms with Crippen LogP contribution in [0.25, 0.3) is 0 Å². The molecular formula is C13H20N4O. The van der Waals surface area contributed by atoms with Gasteiger partial charge in [-0.25, -0.2) is 4.98 Å². The fraction of sp³-hybridized carbons (Fsp3) is 0.692. The minimum atomic E-state index is -0.0699. The summed E-state index contributed by atoms with van der Waals surface area (Å²) < 4.78 is 0. The molecule has 1 unspecified atom stereocenters. The highest BCUT2D eigenvalue weighted by molar-refractivity contribution is 5.38. The molecule has 1 atom stereocenters. The zero-order chi connectivity index (χ0) is 12.4. The smallest absolute Gasteiger partial charge is 0.252 e. The highest BCUT2D eigenvalue weighted by Crippen LogP contribution is 2.23. The standard InChI is InChI=1S/C13H20N4O/c18-13-7-12(15-9-16-13)17-6-2-1-3-11(17)8-14-10-4-5-10/h7,9-11,14H,1-6,8H2,(H,15,16,18). The zero-order valence-electron chi connectivity index (χ0n) is 10.6. The summed E-state index contributed by atoms with van der Waals surface area (Å²) in [7, 11) is 0. The van der Waals surface area contributed by atoms with E-state index in [4.69, 9.17) is 0 Å². The molecule has 0 aromatic carbocycles. The number of nitrogens with zero attached hydrogens (tertiary/aromatic N) is 2. The molecule has 1 aliphatic heterocycles. The van der Waals surface area contributed by atoms with E-state index in [1.807, 2.05) is 0 Å². The molecule has 0 radical (unpaired) electrons. The summed E-state index contributed by atoms with van der Waals surface area (Å²) in [5, 5.41) is 3.59. The third kappa shape index (κ3) is 2.72. The molecule has 2 aliphatic rings. The minimum absolute atomic E-state index is 0.0699. The van der Waals surface area contributed by atoms with Crippen molar-refractivity contribution in [3.8, 4) is 0 Å². The first kappa shape index (κ1) is 11.7. The van der Waals surface area contributed by atoms with Crippen LogP contribution in [-0.2, 0) is 0 Å². The fourth-order valence-electron chi connectivity index (χ4n) is 2.62. The molecule has 1 saturated carbocycles. The number of piperidine rings is 1. The summed E-state index contributed by atoms with van der Waals surface area (Å²) in [5.41, 5.74) is -0.0699. The fourth-order valence-corrected chi connectivity index (χ4v) is 2.62. The highest BCUT2D eigenvalue weighted by Gasteiger charge is 2.27. The van der Waals surface area contributed by atoms with Gasteiger partial charge < -0.3 is 15.2 Å². The normalized spacial score (nSPS) is 24.2. The molecule has 5 nitrogen and oxygen atoms in total. The van der Waals surface area contributed by atoms with Crippen LogP contribution in [0.4, 0.5) is 5.82 Å². The van der Waals surface area contributed by atoms with Crippen LogP contribution in [-0.4, -0.2) is 35.1 Å². The van der Waals surface area contributed by atoms with Gasteiger partial charge in [0.25, 0.3) is 5.56 Å². The number of hydrogen-bond donors (Lipinski definition) is 2. The SMILES string of the molecule is O=c1cc(N2CCCCC2CNC2CC2)nc[nH]1. The number of rotatable bonds is 4. The summed E-state index contributed by atoms with van der Waals surface area (Å²) >= 11 is 0. The summed E-state index contributed by atoms with van der Waals surface area (Å²) in [5.74, 6) is 0.820. The number of aromatic amines is 1. The van der Waals surface area contributed by atoms with E-state index in [1.165, 1.54) is 38.4 Å². The predicted molar refractivity (Wildman–Crippen MR) is 70.9 cm³/mol. The zero-order valence-corrected chi connectivity index (χ0v) is 10.6. The molecule has 2 heterocycles. The second kappa shape index (κ2) is 5.10. The van der Waals surface area contributed by atoms with Gasteiger partial charge in [-0.2, -0.15) is 0 Å². The van der Waals surface area contributed by atoms with Crippen molar-refractivity contribution in [2.45, 2.75) is 44.2 Å². The number of H-pyrrole nitrogens is 1. The van der Waals surface area contributed by atoms with Crippen molar-refractivity contribution < 1.29 is 0 Å². The van der Waals surface area contributed by atoms with Crippen LogP contribution in [0.15, 0.2) is 17.2 Å². The Morgan fingerprint density at radius 3 is 3.06 bits per heavy atom. The molecule has 3 rings (SSSR count). The Hall–Kier alpha value is -1.36. The molecule has 1 aromatic rings. The predicted octanol–water partition coefficient (Wildman–Crippen LogP) is 0.881. The summed E-state index contributed by atoms with van der Waals surface area (Å²) in [6.07, 6.45) is 7.78. The van der Waals surface area contributed by atoms with E-state index in [0.29, 0.717) is 6.04 Å². The van der Waals surface area contributed by atoms with Gasteiger partial charge in [-0.1, -0.05) is 0 Å². The summed E-state index contributed by atoms with van der Waals surface area (Å²) in [6, 6.07) is 2.82. The van der Waals surface area contributed by atoms with E-state index in [1.54, 1.807) is 6.07 Å². The van der Waals surface area contributed by atoms with Gasteiger partial charge in [0.2, 0.25) is 0 Å². The molecule has 2 N–H and O–H groups in total. The minimum Gasteiger partial charge on any atom is -0.352 e. The molecule has 1 saturated heterocycles. The number of nitrogens with one attached hydrogen (secondary N) is 2. The van der Waals surface area contributed by atoms with E-state index in [2.05, 4.69) is 20.2 Å². The lowest BCUT2D eigenvalue weighted by atomic mass is 10.0. The van der Waals surface area contributed by atoms with Gasteiger partial charge in [0.15, 0.2) is 0 Å². The van der Waals surface area contributed by atoms with Crippen LogP contribution in [0.5, 0.6) is 0 Å². The van der Waals surface area contributed by atoms with Crippen LogP contribution in [0.1, 0.15) is 32.1 Å². The first-order chi connectivity index (χ1) is 8.83. The Kier molecular flexibility index (Phi) is 3.32. The van der Waals surface area contributed by atoms with Crippen LogP contribution >= 0.6 is 0 Å². The lowest BCUT2D eigenvalue weighted by Gasteiger charge is -2.36. The number of hydrogen-bond acceptors (Lipinski definition) is 4. The molecule has 98 valence electrons. The van der Waals surface area contributed by atoms with Crippen molar-refractivity contribution in [2.75, 3.05) is 18.0 Å². The monoisotopic (exact) mass is 248 g/mol. The van der Waals surface area contributed by atoms with Gasteiger partial charge in [0.05, 0.1) is 6.33 Å². The van der Waals surface area contributed by atoms with E-state index in [0.717, 1.165) is 24.9 Å². The molecule has 0 spiro atoms. The first-order valence-electron chi connectivity index (χ1n) is 6.88. The molecule has 1 aromatic heterocycles. The van der Waals surface area contributed by atoms with Gasteiger partial charge >= 0.3 is 0 Å². The average Bonchev–Trinajstić information content (AvgIpc) is 3.21. The van der Waals surface area contributed by atoms with Crippen LogP contribution < -0.4 is 15.8 Å². The Morgan fingerprint density at radius 2 is 2.28 bits per heavy atom. The average molecular weight is 248 g/mol. The maximum atomic E-state index is 11.4. The molecule has 0 amide bonds. The second-order valence-corrected chi connectivity index (χ2v) is 5.29. The molecule has 5 heteroatoms. The maximum absolute atomic E-state index is 11.4. The van der Waals surface area contributed by atoms with E-state index < -0.39 is 0 Å². The molecule has 1 aliphatic carbocycles. The van der Waals surface area contributed by atoms with Gasteiger partial charge in [0, 0.05) is 31.2 Å². The van der Waals surface area contributed by atoms with Crippen molar-refractivity contribution in [1.82, 2.24) is 15.3 Å². The van der Waals surface area contributed by atoms with Gasteiger partial charge in [-0.15, -0.1) is 0 Å². The van der Waals surface area contributed by atoms with Crippen molar-refractivity contribution >= 4 is 5.82 Å². The van der Waals surface area contributed by atoms with Crippen LogP contribution in [0.2, 0.25) is 0 Å². The Labute approximate surface area is 107 Å². The number of anilines is 1. The molecule has 18 heavy (non-hydrogen) atoms. The first-order valence-corrected chi connectivity index (χ1v) is 6.88. The van der Waals surface area contributed by atoms with Gasteiger partial charge in [0.1, 0.15) is 5.82 Å².